The maximum atomic E-state index is 9.55. The predicted octanol–water partition coefficient (Wildman–Crippen LogP) is 0.911. The maximum Gasteiger partial charge on any atom is 0.164 e. The Bertz CT molecular complexity index is 347. The molecule has 0 aliphatic rings. The van der Waals surface area contributed by atoms with Crippen LogP contribution in [-0.2, 0) is 0 Å². The molecule has 0 amide bonds. The average molecular weight is 242 g/mol. The first-order valence-corrected chi connectivity index (χ1v) is 5.44. The Kier molecular flexibility index (Phi) is 5.06. The van der Waals surface area contributed by atoms with Crippen LogP contribution in [0.25, 0.3) is 0 Å². The molecule has 17 heavy (non-hydrogen) atoms. The van der Waals surface area contributed by atoms with Gasteiger partial charge >= 0.3 is 0 Å². The van der Waals surface area contributed by atoms with E-state index in [0.29, 0.717) is 11.5 Å². The van der Waals surface area contributed by atoms with Crippen LogP contribution in [0.5, 0.6) is 17.2 Å². The number of aromatic hydroxyl groups is 1. The standard InChI is InChI=1S/C12H18O5/c1-8(2)16-12-5-9(3-4-11(12)15)17-10(6-13)7-14/h3-5,8,10,13-15H,6-7H2,1-2H3. The van der Waals surface area contributed by atoms with Crippen molar-refractivity contribution in [3.05, 3.63) is 18.2 Å². The molecule has 5 heteroatoms. The zero-order valence-corrected chi connectivity index (χ0v) is 9.96. The molecule has 0 spiro atoms. The molecule has 3 N–H and O–H groups in total. The van der Waals surface area contributed by atoms with E-state index in [1.165, 1.54) is 12.1 Å². The molecular weight excluding hydrogens is 224 g/mol. The monoisotopic (exact) mass is 242 g/mol. The molecule has 0 atom stereocenters. The Morgan fingerprint density at radius 1 is 1.12 bits per heavy atom. The summed E-state index contributed by atoms with van der Waals surface area (Å²) in [5.74, 6) is 0.759. The van der Waals surface area contributed by atoms with Crippen LogP contribution < -0.4 is 9.47 Å². The zero-order chi connectivity index (χ0) is 12.8. The van der Waals surface area contributed by atoms with Gasteiger partial charge in [-0.3, -0.25) is 0 Å². The second-order valence-electron chi connectivity index (χ2n) is 3.90. The van der Waals surface area contributed by atoms with E-state index in [1.54, 1.807) is 6.07 Å². The van der Waals surface area contributed by atoms with Crippen LogP contribution in [0.15, 0.2) is 18.2 Å². The SMILES string of the molecule is CC(C)Oc1cc(OC(CO)CO)ccc1O. The van der Waals surface area contributed by atoms with Crippen LogP contribution in [0.1, 0.15) is 13.8 Å². The minimum Gasteiger partial charge on any atom is -0.504 e. The minimum atomic E-state index is -0.675. The average Bonchev–Trinajstić information content (AvgIpc) is 2.29. The van der Waals surface area contributed by atoms with Gasteiger partial charge in [0.2, 0.25) is 0 Å². The Morgan fingerprint density at radius 2 is 1.76 bits per heavy atom. The first kappa shape index (κ1) is 13.6. The van der Waals surface area contributed by atoms with E-state index in [9.17, 15) is 5.11 Å². The van der Waals surface area contributed by atoms with E-state index in [-0.39, 0.29) is 25.1 Å². The van der Waals surface area contributed by atoms with Gasteiger partial charge in [0.05, 0.1) is 19.3 Å². The van der Waals surface area contributed by atoms with Gasteiger partial charge in [-0.25, -0.2) is 0 Å². The second-order valence-corrected chi connectivity index (χ2v) is 3.90. The van der Waals surface area contributed by atoms with Crippen molar-refractivity contribution >= 4 is 0 Å². The van der Waals surface area contributed by atoms with E-state index in [0.717, 1.165) is 0 Å². The van der Waals surface area contributed by atoms with Crippen molar-refractivity contribution in [1.82, 2.24) is 0 Å². The molecule has 5 nitrogen and oxygen atoms in total. The van der Waals surface area contributed by atoms with Gasteiger partial charge in [-0.05, 0) is 26.0 Å². The van der Waals surface area contributed by atoms with Crippen LogP contribution >= 0.6 is 0 Å². The number of phenolic OH excluding ortho intramolecular Hbond substituents is 1. The molecule has 0 aliphatic carbocycles. The van der Waals surface area contributed by atoms with Crippen molar-refractivity contribution < 1.29 is 24.8 Å². The Morgan fingerprint density at radius 3 is 2.29 bits per heavy atom. The van der Waals surface area contributed by atoms with Crippen molar-refractivity contribution in [1.29, 1.82) is 0 Å². The summed E-state index contributed by atoms with van der Waals surface area (Å²) < 4.78 is 10.7. The normalized spacial score (nSPS) is 10.9. The van der Waals surface area contributed by atoms with E-state index >= 15 is 0 Å². The molecule has 0 radical (unpaired) electrons. The summed E-state index contributed by atoms with van der Waals surface area (Å²) in [7, 11) is 0. The maximum absolute atomic E-state index is 9.55. The van der Waals surface area contributed by atoms with E-state index in [1.807, 2.05) is 13.8 Å². The minimum absolute atomic E-state index is 0.0237. The van der Waals surface area contributed by atoms with Crippen molar-refractivity contribution in [2.75, 3.05) is 13.2 Å². The van der Waals surface area contributed by atoms with Crippen LogP contribution in [0.3, 0.4) is 0 Å². The lowest BCUT2D eigenvalue weighted by atomic mass is 10.3. The topological polar surface area (TPSA) is 79.2 Å². The summed E-state index contributed by atoms with van der Waals surface area (Å²) in [5, 5.41) is 27.3. The first-order chi connectivity index (χ1) is 8.06. The molecular formula is C12H18O5. The molecule has 0 aromatic heterocycles. The van der Waals surface area contributed by atoms with Crippen molar-refractivity contribution in [2.45, 2.75) is 26.1 Å². The number of benzene rings is 1. The molecule has 0 saturated carbocycles. The van der Waals surface area contributed by atoms with Gasteiger partial charge in [-0.15, -0.1) is 0 Å². The van der Waals surface area contributed by atoms with Crippen LogP contribution in [0, 0.1) is 0 Å². The lowest BCUT2D eigenvalue weighted by Crippen LogP contribution is -2.25. The molecule has 1 aromatic carbocycles. The summed E-state index contributed by atoms with van der Waals surface area (Å²) in [6.07, 6.45) is -0.742. The van der Waals surface area contributed by atoms with Gasteiger partial charge in [0, 0.05) is 6.07 Å². The van der Waals surface area contributed by atoms with Gasteiger partial charge < -0.3 is 24.8 Å². The Balaban J connectivity index is 2.80. The van der Waals surface area contributed by atoms with Crippen LogP contribution in [-0.4, -0.2) is 40.7 Å². The molecule has 1 rings (SSSR count). The molecule has 1 aromatic rings. The highest BCUT2D eigenvalue weighted by atomic mass is 16.5. The lowest BCUT2D eigenvalue weighted by Gasteiger charge is -2.16. The fraction of sp³-hybridized carbons (Fsp3) is 0.500. The smallest absolute Gasteiger partial charge is 0.164 e. The molecule has 0 fully saturated rings. The largest absolute Gasteiger partial charge is 0.504 e. The van der Waals surface area contributed by atoms with Gasteiger partial charge in [-0.2, -0.15) is 0 Å². The van der Waals surface area contributed by atoms with E-state index < -0.39 is 6.10 Å². The Hall–Kier alpha value is -1.46. The summed E-state index contributed by atoms with van der Waals surface area (Å²) in [4.78, 5) is 0. The fourth-order valence-electron chi connectivity index (χ4n) is 1.24. The molecule has 96 valence electrons. The van der Waals surface area contributed by atoms with Crippen molar-refractivity contribution in [3.8, 4) is 17.2 Å². The highest BCUT2D eigenvalue weighted by Gasteiger charge is 2.11. The van der Waals surface area contributed by atoms with Crippen molar-refractivity contribution in [2.24, 2.45) is 0 Å². The molecule has 0 unspecified atom stereocenters. The first-order valence-electron chi connectivity index (χ1n) is 5.44. The van der Waals surface area contributed by atoms with Gasteiger partial charge in [0.1, 0.15) is 11.9 Å². The quantitative estimate of drug-likeness (QED) is 0.691. The number of rotatable bonds is 6. The third-order valence-corrected chi connectivity index (χ3v) is 2.00. The molecule has 0 aliphatic heterocycles. The number of aliphatic hydroxyl groups excluding tert-OH is 2. The lowest BCUT2D eigenvalue weighted by molar-refractivity contribution is 0.0626. The summed E-state index contributed by atoms with van der Waals surface area (Å²) in [6.45, 7) is 3.13. The number of aliphatic hydroxyl groups is 2. The molecule has 0 saturated heterocycles. The molecule has 0 heterocycles. The number of ether oxygens (including phenoxy) is 2. The summed E-state index contributed by atoms with van der Waals surface area (Å²) >= 11 is 0. The fourth-order valence-corrected chi connectivity index (χ4v) is 1.24. The highest BCUT2D eigenvalue weighted by Crippen LogP contribution is 2.31. The van der Waals surface area contributed by atoms with Crippen LogP contribution in [0.2, 0.25) is 0 Å². The van der Waals surface area contributed by atoms with E-state index in [4.69, 9.17) is 19.7 Å². The second kappa shape index (κ2) is 6.32. The molecule has 0 bridgehead atoms. The number of hydrogen-bond donors (Lipinski definition) is 3. The number of hydrogen-bond acceptors (Lipinski definition) is 5. The van der Waals surface area contributed by atoms with Gasteiger partial charge in [-0.1, -0.05) is 0 Å². The summed E-state index contributed by atoms with van der Waals surface area (Å²) in [5.41, 5.74) is 0. The zero-order valence-electron chi connectivity index (χ0n) is 9.96. The predicted molar refractivity (Wildman–Crippen MR) is 62.5 cm³/mol. The number of phenols is 1. The highest BCUT2D eigenvalue weighted by molar-refractivity contribution is 5.44. The van der Waals surface area contributed by atoms with Crippen LogP contribution in [0.4, 0.5) is 0 Å². The third kappa shape index (κ3) is 4.13. The van der Waals surface area contributed by atoms with E-state index in [2.05, 4.69) is 0 Å². The third-order valence-electron chi connectivity index (χ3n) is 2.00. The van der Waals surface area contributed by atoms with Gasteiger partial charge in [0.15, 0.2) is 11.5 Å². The van der Waals surface area contributed by atoms with Gasteiger partial charge in [0.25, 0.3) is 0 Å². The van der Waals surface area contributed by atoms with Crippen molar-refractivity contribution in [3.63, 3.8) is 0 Å². The Labute approximate surface area is 100 Å². The summed E-state index contributed by atoms with van der Waals surface area (Å²) in [6, 6.07) is 4.51.